The van der Waals surface area contributed by atoms with Gasteiger partial charge in [0.1, 0.15) is 12.6 Å². The van der Waals surface area contributed by atoms with Crippen molar-refractivity contribution >= 4 is 11.7 Å². The normalized spacial score (nSPS) is 31.4. The van der Waals surface area contributed by atoms with Gasteiger partial charge in [0.25, 0.3) is 0 Å². The van der Waals surface area contributed by atoms with E-state index in [-0.39, 0.29) is 30.4 Å². The smallest absolute Gasteiger partial charge is 0.227 e. The summed E-state index contributed by atoms with van der Waals surface area (Å²) in [6.07, 6.45) is 10.9. The summed E-state index contributed by atoms with van der Waals surface area (Å²) in [5, 5.41) is 0. The van der Waals surface area contributed by atoms with E-state index in [0.29, 0.717) is 12.5 Å². The third-order valence-corrected chi connectivity index (χ3v) is 4.98. The highest BCUT2D eigenvalue weighted by molar-refractivity contribution is 5.94. The number of carbonyl (C=O) groups excluding carboxylic acids is 2. The van der Waals surface area contributed by atoms with Crippen molar-refractivity contribution in [1.29, 1.82) is 0 Å². The van der Waals surface area contributed by atoms with Crippen molar-refractivity contribution in [1.82, 2.24) is 4.90 Å². The Bertz CT molecular complexity index is 376. The molecule has 4 nitrogen and oxygen atoms in total. The molecule has 2 aliphatic heterocycles. The first kappa shape index (κ1) is 14.1. The summed E-state index contributed by atoms with van der Waals surface area (Å²) < 4.78 is 5.49. The number of Topliss-reactive ketones (excluding diaryl/α,β-unsaturated/α-hetero) is 1. The lowest BCUT2D eigenvalue weighted by Gasteiger charge is -2.35. The number of ether oxygens (including phenoxy) is 1. The number of ketones is 1. The molecule has 0 N–H and O–H groups in total. The molecule has 0 aromatic carbocycles. The topological polar surface area (TPSA) is 46.6 Å². The quantitative estimate of drug-likeness (QED) is 0.794. The summed E-state index contributed by atoms with van der Waals surface area (Å²) in [6, 6.07) is -0.307. The molecule has 1 radical (unpaired) electrons. The SMILES string of the molecule is O=C1COC2CCCN(C(=O)[CH]CC3CCCCC3)C12. The van der Waals surface area contributed by atoms with Gasteiger partial charge in [-0.3, -0.25) is 9.59 Å². The molecular weight excluding hydrogens is 254 g/mol. The first-order valence-electron chi connectivity index (χ1n) is 8.04. The average Bonchev–Trinajstić information content (AvgIpc) is 2.87. The van der Waals surface area contributed by atoms with Crippen LogP contribution in [0.4, 0.5) is 0 Å². The van der Waals surface area contributed by atoms with Gasteiger partial charge in [-0.05, 0) is 25.2 Å². The Morgan fingerprint density at radius 2 is 2.00 bits per heavy atom. The second-order valence-electron chi connectivity index (χ2n) is 6.38. The zero-order valence-corrected chi connectivity index (χ0v) is 12.1. The van der Waals surface area contributed by atoms with Crippen LogP contribution in [0.1, 0.15) is 51.4 Å². The Balaban J connectivity index is 1.54. The fourth-order valence-electron chi connectivity index (χ4n) is 3.85. The van der Waals surface area contributed by atoms with Crippen molar-refractivity contribution in [3.63, 3.8) is 0 Å². The van der Waals surface area contributed by atoms with E-state index in [4.69, 9.17) is 4.74 Å². The molecule has 3 fully saturated rings. The van der Waals surface area contributed by atoms with Crippen LogP contribution in [0.3, 0.4) is 0 Å². The molecule has 2 heterocycles. The summed E-state index contributed by atoms with van der Waals surface area (Å²) in [5.41, 5.74) is 0. The third-order valence-electron chi connectivity index (χ3n) is 4.98. The number of rotatable bonds is 3. The number of piperidine rings is 1. The number of nitrogens with zero attached hydrogens (tertiary/aromatic N) is 1. The predicted octanol–water partition coefficient (Wildman–Crippen LogP) is 2.12. The third kappa shape index (κ3) is 2.90. The molecule has 2 atom stereocenters. The first-order chi connectivity index (χ1) is 9.75. The Morgan fingerprint density at radius 3 is 2.80 bits per heavy atom. The molecule has 1 amide bonds. The van der Waals surface area contributed by atoms with E-state index in [1.54, 1.807) is 4.90 Å². The fourth-order valence-corrected chi connectivity index (χ4v) is 3.85. The number of carbonyl (C=O) groups is 2. The second kappa shape index (κ2) is 6.25. The molecule has 2 unspecified atom stereocenters. The van der Waals surface area contributed by atoms with Crippen molar-refractivity contribution in [2.75, 3.05) is 13.2 Å². The highest BCUT2D eigenvalue weighted by Crippen LogP contribution is 2.29. The van der Waals surface area contributed by atoms with E-state index < -0.39 is 0 Å². The molecule has 111 valence electrons. The van der Waals surface area contributed by atoms with Crippen molar-refractivity contribution in [3.05, 3.63) is 6.42 Å². The number of likely N-dealkylation sites (tertiary alicyclic amines) is 1. The van der Waals surface area contributed by atoms with Gasteiger partial charge in [0.15, 0.2) is 5.78 Å². The van der Waals surface area contributed by atoms with E-state index in [1.165, 1.54) is 32.1 Å². The molecule has 3 aliphatic rings. The Morgan fingerprint density at radius 1 is 1.20 bits per heavy atom. The van der Waals surface area contributed by atoms with Crippen LogP contribution in [0.5, 0.6) is 0 Å². The van der Waals surface area contributed by atoms with Crippen LogP contribution in [0.2, 0.25) is 0 Å². The molecule has 2 saturated heterocycles. The molecule has 1 aliphatic carbocycles. The second-order valence-corrected chi connectivity index (χ2v) is 6.38. The minimum atomic E-state index is -0.307. The number of amides is 1. The minimum Gasteiger partial charge on any atom is -0.368 e. The fraction of sp³-hybridized carbons (Fsp3) is 0.812. The van der Waals surface area contributed by atoms with Gasteiger partial charge in [0, 0.05) is 6.54 Å². The molecule has 0 spiro atoms. The van der Waals surface area contributed by atoms with Crippen LogP contribution in [-0.2, 0) is 14.3 Å². The summed E-state index contributed by atoms with van der Waals surface area (Å²) in [7, 11) is 0. The molecule has 0 bridgehead atoms. The van der Waals surface area contributed by atoms with Crippen LogP contribution < -0.4 is 0 Å². The summed E-state index contributed by atoms with van der Waals surface area (Å²) in [4.78, 5) is 26.0. The number of hydrogen-bond acceptors (Lipinski definition) is 3. The maximum absolute atomic E-state index is 12.4. The highest BCUT2D eigenvalue weighted by Gasteiger charge is 2.44. The van der Waals surface area contributed by atoms with Crippen LogP contribution in [-0.4, -0.2) is 41.9 Å². The molecule has 0 aromatic rings. The lowest BCUT2D eigenvalue weighted by molar-refractivity contribution is -0.137. The molecule has 4 heteroatoms. The maximum Gasteiger partial charge on any atom is 0.227 e. The Labute approximate surface area is 120 Å². The van der Waals surface area contributed by atoms with Gasteiger partial charge in [-0.2, -0.15) is 0 Å². The van der Waals surface area contributed by atoms with Gasteiger partial charge in [0.05, 0.1) is 12.5 Å². The molecule has 20 heavy (non-hydrogen) atoms. The minimum absolute atomic E-state index is 0.0455. The zero-order valence-electron chi connectivity index (χ0n) is 12.1. The summed E-state index contributed by atoms with van der Waals surface area (Å²) in [6.45, 7) is 0.887. The molecule has 0 aromatic heterocycles. The van der Waals surface area contributed by atoms with Gasteiger partial charge in [-0.1, -0.05) is 32.1 Å². The van der Waals surface area contributed by atoms with Crippen LogP contribution >= 0.6 is 0 Å². The zero-order chi connectivity index (χ0) is 13.9. The van der Waals surface area contributed by atoms with Crippen molar-refractivity contribution in [3.8, 4) is 0 Å². The Kier molecular flexibility index (Phi) is 4.39. The largest absolute Gasteiger partial charge is 0.368 e. The van der Waals surface area contributed by atoms with Crippen LogP contribution in [0, 0.1) is 12.3 Å². The van der Waals surface area contributed by atoms with E-state index >= 15 is 0 Å². The van der Waals surface area contributed by atoms with Crippen LogP contribution in [0.15, 0.2) is 0 Å². The first-order valence-corrected chi connectivity index (χ1v) is 8.04. The highest BCUT2D eigenvalue weighted by atomic mass is 16.5. The lowest BCUT2D eigenvalue weighted by atomic mass is 9.86. The summed E-state index contributed by atoms with van der Waals surface area (Å²) in [5.74, 6) is 0.794. The average molecular weight is 278 g/mol. The van der Waals surface area contributed by atoms with Crippen molar-refractivity contribution in [2.45, 2.75) is 63.5 Å². The molecule has 3 rings (SSSR count). The predicted molar refractivity (Wildman–Crippen MR) is 75.0 cm³/mol. The van der Waals surface area contributed by atoms with E-state index in [9.17, 15) is 9.59 Å². The van der Waals surface area contributed by atoms with Crippen LogP contribution in [0.25, 0.3) is 0 Å². The van der Waals surface area contributed by atoms with Crippen molar-refractivity contribution in [2.24, 2.45) is 5.92 Å². The maximum atomic E-state index is 12.4. The van der Waals surface area contributed by atoms with Gasteiger partial charge in [-0.15, -0.1) is 0 Å². The van der Waals surface area contributed by atoms with E-state index in [0.717, 1.165) is 19.3 Å². The lowest BCUT2D eigenvalue weighted by Crippen LogP contribution is -2.52. The number of hydrogen-bond donors (Lipinski definition) is 0. The van der Waals surface area contributed by atoms with Gasteiger partial charge >= 0.3 is 0 Å². The van der Waals surface area contributed by atoms with E-state index in [2.05, 4.69) is 0 Å². The number of fused-ring (bicyclic) bond motifs is 1. The van der Waals surface area contributed by atoms with Crippen molar-refractivity contribution < 1.29 is 14.3 Å². The van der Waals surface area contributed by atoms with Gasteiger partial charge in [-0.25, -0.2) is 0 Å². The standard InChI is InChI=1S/C16H24NO3/c18-13-11-20-14-7-4-10-17(16(13)14)15(19)9-8-12-5-2-1-3-6-12/h9,12,14,16H,1-8,10-11H2. The monoisotopic (exact) mass is 278 g/mol. The molecular formula is C16H24NO3. The summed E-state index contributed by atoms with van der Waals surface area (Å²) >= 11 is 0. The molecule has 1 saturated carbocycles. The van der Waals surface area contributed by atoms with Gasteiger partial charge in [0.2, 0.25) is 5.91 Å². The van der Waals surface area contributed by atoms with E-state index in [1.807, 2.05) is 6.42 Å². The van der Waals surface area contributed by atoms with Gasteiger partial charge < -0.3 is 9.64 Å². The Hall–Kier alpha value is -0.900.